The lowest BCUT2D eigenvalue weighted by atomic mass is 10.0. The Morgan fingerprint density at radius 2 is 0.946 bits per heavy atom. The maximum Gasteiger partial charge on any atom is 0.305 e. The SMILES string of the molecule is O=C(O)C[C@H](NC(=O)c1cccc(-c2ccccc2Cl)n1)c1ccc(Cl)cc1.O=C(O)C[C@H](NC(=O)c1cccc(-c2ccccc2F)n1)c1ccc(Cl)cc1. The molecule has 284 valence electrons. The van der Waals surface area contributed by atoms with Gasteiger partial charge in [-0.3, -0.25) is 19.2 Å². The van der Waals surface area contributed by atoms with Crippen LogP contribution in [0.2, 0.25) is 15.1 Å². The normalized spacial score (nSPS) is 11.6. The van der Waals surface area contributed by atoms with Gasteiger partial charge >= 0.3 is 11.9 Å². The predicted octanol–water partition coefficient (Wildman–Crippen LogP) is 9.49. The molecule has 10 nitrogen and oxygen atoms in total. The Labute approximate surface area is 335 Å². The quantitative estimate of drug-likeness (QED) is 0.0952. The molecule has 6 aromatic rings. The lowest BCUT2D eigenvalue weighted by molar-refractivity contribution is -0.138. The van der Waals surface area contributed by atoms with E-state index in [4.69, 9.17) is 34.8 Å². The van der Waals surface area contributed by atoms with E-state index in [-0.39, 0.29) is 29.8 Å². The van der Waals surface area contributed by atoms with Crippen LogP contribution < -0.4 is 10.6 Å². The average Bonchev–Trinajstić information content (AvgIpc) is 3.18. The second-order valence-electron chi connectivity index (χ2n) is 12.1. The first-order valence-electron chi connectivity index (χ1n) is 16.9. The molecule has 2 amide bonds. The van der Waals surface area contributed by atoms with E-state index in [1.807, 2.05) is 18.2 Å². The second kappa shape index (κ2) is 19.4. The highest BCUT2D eigenvalue weighted by atomic mass is 35.5. The molecule has 0 saturated carbocycles. The summed E-state index contributed by atoms with van der Waals surface area (Å²) in [6.45, 7) is 0. The topological polar surface area (TPSA) is 159 Å². The number of carbonyl (C=O) groups excluding carboxylic acids is 2. The maximum absolute atomic E-state index is 14.0. The number of aliphatic carboxylic acids is 2. The molecule has 4 N–H and O–H groups in total. The fourth-order valence-corrected chi connectivity index (χ4v) is 5.95. The largest absolute Gasteiger partial charge is 0.481 e. The van der Waals surface area contributed by atoms with Gasteiger partial charge in [-0.1, -0.05) is 102 Å². The fraction of sp³-hybridized carbons (Fsp3) is 0.0952. The van der Waals surface area contributed by atoms with Gasteiger partial charge in [0.05, 0.1) is 36.3 Å². The third-order valence-corrected chi connectivity index (χ3v) is 9.01. The number of rotatable bonds is 12. The van der Waals surface area contributed by atoms with Gasteiger partial charge in [0.2, 0.25) is 0 Å². The molecule has 0 saturated heterocycles. The van der Waals surface area contributed by atoms with Gasteiger partial charge in [0.1, 0.15) is 17.2 Å². The predicted molar refractivity (Wildman–Crippen MR) is 212 cm³/mol. The zero-order valence-corrected chi connectivity index (χ0v) is 31.5. The van der Waals surface area contributed by atoms with Crippen LogP contribution in [-0.2, 0) is 9.59 Å². The molecule has 0 unspecified atom stereocenters. The fourth-order valence-electron chi connectivity index (χ4n) is 5.47. The first kappa shape index (κ1) is 41.0. The Bertz CT molecular complexity index is 2180. The number of hydrogen-bond donors (Lipinski definition) is 4. The van der Waals surface area contributed by atoms with Crippen LogP contribution in [0.5, 0.6) is 0 Å². The minimum absolute atomic E-state index is 0.0603. The molecule has 2 atom stereocenters. The Kier molecular flexibility index (Phi) is 14.2. The summed E-state index contributed by atoms with van der Waals surface area (Å²) in [4.78, 5) is 56.4. The van der Waals surface area contributed by atoms with E-state index < -0.39 is 41.7 Å². The number of carboxylic acids is 2. The third kappa shape index (κ3) is 11.4. The zero-order valence-electron chi connectivity index (χ0n) is 29.2. The number of aromatic nitrogens is 2. The van der Waals surface area contributed by atoms with Gasteiger partial charge in [-0.15, -0.1) is 0 Å². The van der Waals surface area contributed by atoms with Crippen molar-refractivity contribution in [3.8, 4) is 22.5 Å². The van der Waals surface area contributed by atoms with E-state index in [0.29, 0.717) is 43.1 Å². The standard InChI is InChI=1S/C21H16Cl2N2O3.C21H16ClFN2O3/c2*22-14-10-8-13(9-11-14)19(12-20(26)27)25-21(28)18-7-3-6-17(24-18)15-4-1-2-5-16(15)23/h2*1-11,19H,12H2,(H,25,28)(H,26,27)/t2*19-/m00/s1. The van der Waals surface area contributed by atoms with Gasteiger partial charge in [0, 0.05) is 26.2 Å². The highest BCUT2D eigenvalue weighted by molar-refractivity contribution is 6.33. The van der Waals surface area contributed by atoms with Crippen molar-refractivity contribution in [1.82, 2.24) is 20.6 Å². The molecule has 4 aromatic carbocycles. The van der Waals surface area contributed by atoms with Crippen molar-refractivity contribution < 1.29 is 33.8 Å². The molecule has 56 heavy (non-hydrogen) atoms. The van der Waals surface area contributed by atoms with Crippen LogP contribution in [0.15, 0.2) is 133 Å². The van der Waals surface area contributed by atoms with E-state index in [9.17, 15) is 33.8 Å². The number of nitrogens with zero attached hydrogens (tertiary/aromatic N) is 2. The van der Waals surface area contributed by atoms with Gasteiger partial charge < -0.3 is 20.8 Å². The molecule has 0 fully saturated rings. The summed E-state index contributed by atoms with van der Waals surface area (Å²) in [6, 6.07) is 34.8. The maximum atomic E-state index is 14.0. The lowest BCUT2D eigenvalue weighted by Crippen LogP contribution is -2.30. The minimum atomic E-state index is -1.06. The number of carbonyl (C=O) groups is 4. The molecule has 0 spiro atoms. The van der Waals surface area contributed by atoms with E-state index in [0.717, 1.165) is 0 Å². The molecule has 0 aliphatic heterocycles. The van der Waals surface area contributed by atoms with Crippen molar-refractivity contribution in [2.75, 3.05) is 0 Å². The van der Waals surface area contributed by atoms with E-state index in [2.05, 4.69) is 20.6 Å². The number of halogens is 4. The third-order valence-electron chi connectivity index (χ3n) is 8.18. The van der Waals surface area contributed by atoms with Crippen LogP contribution in [0.3, 0.4) is 0 Å². The molecule has 0 radical (unpaired) electrons. The van der Waals surface area contributed by atoms with Gasteiger partial charge in [-0.05, 0) is 77.9 Å². The lowest BCUT2D eigenvalue weighted by Gasteiger charge is -2.17. The van der Waals surface area contributed by atoms with Crippen molar-refractivity contribution in [2.45, 2.75) is 24.9 Å². The molecule has 14 heteroatoms. The number of nitrogens with one attached hydrogen (secondary N) is 2. The van der Waals surface area contributed by atoms with E-state index >= 15 is 0 Å². The number of carboxylic acid groups (broad SMARTS) is 2. The summed E-state index contributed by atoms with van der Waals surface area (Å²) < 4.78 is 14.0. The van der Waals surface area contributed by atoms with Crippen molar-refractivity contribution in [1.29, 1.82) is 0 Å². The molecule has 0 aliphatic rings. The van der Waals surface area contributed by atoms with Crippen molar-refractivity contribution in [3.63, 3.8) is 0 Å². The van der Waals surface area contributed by atoms with E-state index in [1.54, 1.807) is 103 Å². The Balaban J connectivity index is 0.000000214. The Morgan fingerprint density at radius 1 is 0.536 bits per heavy atom. The summed E-state index contributed by atoms with van der Waals surface area (Å²) in [7, 11) is 0. The minimum Gasteiger partial charge on any atom is -0.481 e. The number of benzene rings is 4. The Morgan fingerprint density at radius 3 is 1.38 bits per heavy atom. The summed E-state index contributed by atoms with van der Waals surface area (Å²) in [6.07, 6.45) is -0.571. The van der Waals surface area contributed by atoms with E-state index in [1.165, 1.54) is 12.1 Å². The first-order valence-corrected chi connectivity index (χ1v) is 18.0. The van der Waals surface area contributed by atoms with Crippen molar-refractivity contribution in [3.05, 3.63) is 177 Å². The first-order chi connectivity index (χ1) is 26.9. The van der Waals surface area contributed by atoms with Gasteiger partial charge in [-0.25, -0.2) is 14.4 Å². The summed E-state index contributed by atoms with van der Waals surface area (Å²) in [5.41, 5.74) is 3.32. The molecular weight excluding hydrogens is 782 g/mol. The molecule has 0 bridgehead atoms. The van der Waals surface area contributed by atoms with Crippen molar-refractivity contribution >= 4 is 58.6 Å². The van der Waals surface area contributed by atoms with Gasteiger partial charge in [-0.2, -0.15) is 0 Å². The molecule has 6 rings (SSSR count). The van der Waals surface area contributed by atoms with Gasteiger partial charge in [0.15, 0.2) is 0 Å². The molecule has 0 aliphatic carbocycles. The summed E-state index contributed by atoms with van der Waals surface area (Å²) in [5.74, 6) is -3.57. The van der Waals surface area contributed by atoms with Crippen molar-refractivity contribution in [2.24, 2.45) is 0 Å². The number of amides is 2. The molecule has 2 heterocycles. The van der Waals surface area contributed by atoms with Crippen LogP contribution in [0.25, 0.3) is 22.5 Å². The number of pyridine rings is 2. The molecule has 2 aromatic heterocycles. The molecular formula is C42H32Cl3FN4O6. The number of hydrogen-bond acceptors (Lipinski definition) is 6. The smallest absolute Gasteiger partial charge is 0.305 e. The summed E-state index contributed by atoms with van der Waals surface area (Å²) >= 11 is 18.0. The Hall–Kier alpha value is -6.14. The van der Waals surface area contributed by atoms with Crippen LogP contribution in [0.4, 0.5) is 4.39 Å². The van der Waals surface area contributed by atoms with Crippen LogP contribution in [0, 0.1) is 5.82 Å². The zero-order chi connectivity index (χ0) is 40.2. The van der Waals surface area contributed by atoms with Crippen LogP contribution >= 0.6 is 34.8 Å². The average molecular weight is 814 g/mol. The van der Waals surface area contributed by atoms with Crippen LogP contribution in [-0.4, -0.2) is 43.9 Å². The monoisotopic (exact) mass is 812 g/mol. The van der Waals surface area contributed by atoms with Crippen LogP contribution in [0.1, 0.15) is 57.0 Å². The van der Waals surface area contributed by atoms with Gasteiger partial charge in [0.25, 0.3) is 11.8 Å². The summed E-state index contributed by atoms with van der Waals surface area (Å²) in [5, 5.41) is 25.3. The highest BCUT2D eigenvalue weighted by Crippen LogP contribution is 2.27. The second-order valence-corrected chi connectivity index (χ2v) is 13.4. The highest BCUT2D eigenvalue weighted by Gasteiger charge is 2.22.